The van der Waals surface area contributed by atoms with Crippen LogP contribution in [0.5, 0.6) is 0 Å². The maximum atomic E-state index is 13.6. The van der Waals surface area contributed by atoms with E-state index in [1.54, 1.807) is 6.33 Å². The summed E-state index contributed by atoms with van der Waals surface area (Å²) >= 11 is 0. The Morgan fingerprint density at radius 2 is 1.52 bits per heavy atom. The Hall–Kier alpha value is -4.19. The Labute approximate surface area is 191 Å². The first-order valence-corrected chi connectivity index (χ1v) is 10.6. The number of hydrogen-bond donors (Lipinski definition) is 0. The molecule has 1 heterocycles. The Bertz CT molecular complexity index is 1370. The Morgan fingerprint density at radius 3 is 2.24 bits per heavy atom. The summed E-state index contributed by atoms with van der Waals surface area (Å²) in [5.41, 5.74) is 2.81. The predicted molar refractivity (Wildman–Crippen MR) is 125 cm³/mol. The molecule has 0 saturated carbocycles. The Kier molecular flexibility index (Phi) is 5.05. The van der Waals surface area contributed by atoms with E-state index in [4.69, 9.17) is 9.47 Å². The zero-order chi connectivity index (χ0) is 23.0. The number of carbonyl (C=O) groups is 2. The van der Waals surface area contributed by atoms with Crippen LogP contribution in [0.25, 0.3) is 22.7 Å². The molecule has 33 heavy (non-hydrogen) atoms. The second-order valence-corrected chi connectivity index (χ2v) is 7.89. The molecular formula is C27H22N2O4. The minimum absolute atomic E-state index is 0.533. The fourth-order valence-corrected chi connectivity index (χ4v) is 4.87. The molecule has 0 radical (unpaired) electrons. The van der Waals surface area contributed by atoms with E-state index in [0.717, 1.165) is 27.7 Å². The van der Waals surface area contributed by atoms with Gasteiger partial charge in [-0.3, -0.25) is 9.59 Å². The second kappa shape index (κ2) is 8.06. The van der Waals surface area contributed by atoms with E-state index in [0.29, 0.717) is 5.57 Å². The minimum Gasteiger partial charge on any atom is -0.468 e. The van der Waals surface area contributed by atoms with E-state index in [-0.39, 0.29) is 0 Å². The SMILES string of the molecule is COC(=O)C1(C(=O)OC)/C(=C\c2ccccc2)c2ccccc2C1n1cnc2ccccc21. The molecule has 0 spiro atoms. The third-order valence-corrected chi connectivity index (χ3v) is 6.27. The molecular weight excluding hydrogens is 416 g/mol. The van der Waals surface area contributed by atoms with E-state index >= 15 is 0 Å². The number of imidazole rings is 1. The summed E-state index contributed by atoms with van der Waals surface area (Å²) in [6.45, 7) is 0. The van der Waals surface area contributed by atoms with E-state index in [1.807, 2.05) is 89.5 Å². The van der Waals surface area contributed by atoms with Gasteiger partial charge in [-0.05, 0) is 40.5 Å². The summed E-state index contributed by atoms with van der Waals surface area (Å²) in [4.78, 5) is 31.8. The van der Waals surface area contributed by atoms with E-state index in [2.05, 4.69) is 4.98 Å². The first kappa shape index (κ1) is 20.7. The highest BCUT2D eigenvalue weighted by atomic mass is 16.5. The second-order valence-electron chi connectivity index (χ2n) is 7.89. The van der Waals surface area contributed by atoms with Gasteiger partial charge in [-0.25, -0.2) is 4.98 Å². The number of benzene rings is 3. The lowest BCUT2D eigenvalue weighted by Gasteiger charge is -2.32. The largest absolute Gasteiger partial charge is 0.468 e. The van der Waals surface area contributed by atoms with Gasteiger partial charge in [0, 0.05) is 0 Å². The van der Waals surface area contributed by atoms with Crippen molar-refractivity contribution in [3.8, 4) is 0 Å². The molecule has 0 aliphatic heterocycles. The Balaban J connectivity index is 1.90. The van der Waals surface area contributed by atoms with Gasteiger partial charge in [-0.15, -0.1) is 0 Å². The van der Waals surface area contributed by atoms with Crippen molar-refractivity contribution >= 4 is 34.6 Å². The summed E-state index contributed by atoms with van der Waals surface area (Å²) in [5, 5.41) is 0. The molecule has 164 valence electrons. The molecule has 0 N–H and O–H groups in total. The fraction of sp³-hybridized carbons (Fsp3) is 0.148. The number of para-hydroxylation sites is 2. The van der Waals surface area contributed by atoms with Crippen LogP contribution in [0.2, 0.25) is 0 Å². The highest BCUT2D eigenvalue weighted by Gasteiger charge is 2.63. The van der Waals surface area contributed by atoms with Crippen LogP contribution in [0.1, 0.15) is 22.7 Å². The lowest BCUT2D eigenvalue weighted by atomic mass is 9.76. The quantitative estimate of drug-likeness (QED) is 0.346. The molecule has 6 heteroatoms. The monoisotopic (exact) mass is 438 g/mol. The van der Waals surface area contributed by atoms with Crippen molar-refractivity contribution in [1.82, 2.24) is 9.55 Å². The van der Waals surface area contributed by atoms with Crippen LogP contribution in [0.4, 0.5) is 0 Å². The summed E-state index contributed by atoms with van der Waals surface area (Å²) < 4.78 is 12.4. The summed E-state index contributed by atoms with van der Waals surface area (Å²) in [6.07, 6.45) is 3.53. The van der Waals surface area contributed by atoms with Gasteiger partial charge in [0.25, 0.3) is 0 Å². The van der Waals surface area contributed by atoms with Crippen molar-refractivity contribution in [2.75, 3.05) is 14.2 Å². The number of fused-ring (bicyclic) bond motifs is 2. The number of rotatable bonds is 4. The third kappa shape index (κ3) is 2.98. The third-order valence-electron chi connectivity index (χ3n) is 6.27. The molecule has 1 aliphatic carbocycles. The van der Waals surface area contributed by atoms with Crippen LogP contribution in [0, 0.1) is 5.41 Å². The lowest BCUT2D eigenvalue weighted by Crippen LogP contribution is -2.46. The van der Waals surface area contributed by atoms with Gasteiger partial charge >= 0.3 is 11.9 Å². The molecule has 0 fully saturated rings. The Morgan fingerprint density at radius 1 is 0.879 bits per heavy atom. The molecule has 1 atom stereocenters. The first-order chi connectivity index (χ1) is 16.1. The molecule has 0 bridgehead atoms. The van der Waals surface area contributed by atoms with Crippen molar-refractivity contribution in [1.29, 1.82) is 0 Å². The first-order valence-electron chi connectivity index (χ1n) is 10.6. The van der Waals surface area contributed by atoms with Gasteiger partial charge in [0.05, 0.1) is 37.6 Å². The van der Waals surface area contributed by atoms with Gasteiger partial charge in [0.1, 0.15) is 0 Å². The summed E-state index contributed by atoms with van der Waals surface area (Å²) in [5.74, 6) is -1.37. The molecule has 1 unspecified atom stereocenters. The van der Waals surface area contributed by atoms with Crippen LogP contribution >= 0.6 is 0 Å². The minimum atomic E-state index is -1.76. The number of ether oxygens (including phenoxy) is 2. The number of hydrogen-bond acceptors (Lipinski definition) is 5. The molecule has 6 nitrogen and oxygen atoms in total. The van der Waals surface area contributed by atoms with Crippen molar-refractivity contribution < 1.29 is 19.1 Å². The van der Waals surface area contributed by atoms with Gasteiger partial charge < -0.3 is 14.0 Å². The maximum Gasteiger partial charge on any atom is 0.330 e. The number of carbonyl (C=O) groups excluding carboxylic acids is 2. The van der Waals surface area contributed by atoms with Crippen molar-refractivity contribution in [2.24, 2.45) is 5.41 Å². The lowest BCUT2D eigenvalue weighted by molar-refractivity contribution is -0.165. The molecule has 5 rings (SSSR count). The predicted octanol–water partition coefficient (Wildman–Crippen LogP) is 4.51. The average molecular weight is 438 g/mol. The van der Waals surface area contributed by atoms with Crippen molar-refractivity contribution in [3.63, 3.8) is 0 Å². The van der Waals surface area contributed by atoms with Crippen LogP contribution in [0.3, 0.4) is 0 Å². The molecule has 1 aliphatic rings. The number of esters is 2. The zero-order valence-electron chi connectivity index (χ0n) is 18.3. The fourth-order valence-electron chi connectivity index (χ4n) is 4.87. The van der Waals surface area contributed by atoms with Gasteiger partial charge in [-0.1, -0.05) is 66.7 Å². The maximum absolute atomic E-state index is 13.6. The van der Waals surface area contributed by atoms with Gasteiger partial charge in [0.2, 0.25) is 5.41 Å². The van der Waals surface area contributed by atoms with Gasteiger partial charge in [-0.2, -0.15) is 0 Å². The van der Waals surface area contributed by atoms with Crippen LogP contribution in [-0.4, -0.2) is 35.7 Å². The van der Waals surface area contributed by atoms with E-state index < -0.39 is 23.4 Å². The normalized spacial score (nSPS) is 17.6. The molecule has 4 aromatic rings. The standard InChI is InChI=1S/C27H22N2O4/c1-32-25(30)27(26(31)33-2)21(16-18-10-4-3-5-11-18)19-12-6-7-13-20(19)24(27)29-17-28-22-14-8-9-15-23(22)29/h3-17,24H,1-2H3/b21-16-. The summed E-state index contributed by atoms with van der Waals surface area (Å²) in [7, 11) is 2.58. The number of aromatic nitrogens is 2. The highest BCUT2D eigenvalue weighted by Crippen LogP contribution is 2.58. The zero-order valence-corrected chi connectivity index (χ0v) is 18.3. The average Bonchev–Trinajstić information content (AvgIpc) is 3.41. The van der Waals surface area contributed by atoms with E-state index in [1.165, 1.54) is 14.2 Å². The van der Waals surface area contributed by atoms with Crippen LogP contribution in [-0.2, 0) is 19.1 Å². The molecule has 3 aromatic carbocycles. The number of nitrogens with zero attached hydrogens (tertiary/aromatic N) is 2. The van der Waals surface area contributed by atoms with E-state index in [9.17, 15) is 9.59 Å². The highest BCUT2D eigenvalue weighted by molar-refractivity contribution is 6.18. The molecule has 1 aromatic heterocycles. The molecule has 0 saturated heterocycles. The van der Waals surface area contributed by atoms with Crippen LogP contribution in [0.15, 0.2) is 85.2 Å². The van der Waals surface area contributed by atoms with Crippen LogP contribution < -0.4 is 0 Å². The van der Waals surface area contributed by atoms with Gasteiger partial charge in [0.15, 0.2) is 0 Å². The van der Waals surface area contributed by atoms with Crippen molar-refractivity contribution in [2.45, 2.75) is 6.04 Å². The topological polar surface area (TPSA) is 70.4 Å². The number of methoxy groups -OCH3 is 2. The smallest absolute Gasteiger partial charge is 0.330 e. The van der Waals surface area contributed by atoms with Crippen molar-refractivity contribution in [3.05, 3.63) is 102 Å². The molecule has 0 amide bonds. The summed E-state index contributed by atoms with van der Waals surface area (Å²) in [6, 6.07) is 24.1.